The molecule has 0 amide bonds. The molecule has 1 heterocycles. The quantitative estimate of drug-likeness (QED) is 0.772. The molecule has 1 unspecified atom stereocenters. The largest absolute Gasteiger partial charge is 0.305 e. The zero-order valence-electron chi connectivity index (χ0n) is 13.5. The van der Waals surface area contributed by atoms with Gasteiger partial charge in [0.1, 0.15) is 0 Å². The maximum Gasteiger partial charge on any atom is 0.0928 e. The highest BCUT2D eigenvalue weighted by atomic mass is 32.1. The lowest BCUT2D eigenvalue weighted by Crippen LogP contribution is -2.18. The van der Waals surface area contributed by atoms with Crippen LogP contribution in [0.1, 0.15) is 67.9 Å². The summed E-state index contributed by atoms with van der Waals surface area (Å²) >= 11 is 1.78. The van der Waals surface area contributed by atoms with E-state index in [1.54, 1.807) is 11.3 Å². The van der Waals surface area contributed by atoms with Crippen LogP contribution in [-0.4, -0.2) is 4.98 Å². The summed E-state index contributed by atoms with van der Waals surface area (Å²) in [6.07, 6.45) is 2.26. The van der Waals surface area contributed by atoms with Crippen molar-refractivity contribution in [3.8, 4) is 0 Å². The number of hydrogen-bond acceptors (Lipinski definition) is 3. The second kappa shape index (κ2) is 7.71. The SMILES string of the molecule is CCCc1nc(CNC(C)c2ccc(C(C)C)cc2)cs1. The molecule has 1 aromatic carbocycles. The van der Waals surface area contributed by atoms with Gasteiger partial charge in [0.05, 0.1) is 10.7 Å². The van der Waals surface area contributed by atoms with Crippen molar-refractivity contribution in [2.75, 3.05) is 0 Å². The molecule has 0 saturated carbocycles. The zero-order valence-corrected chi connectivity index (χ0v) is 14.3. The maximum atomic E-state index is 4.66. The predicted molar refractivity (Wildman–Crippen MR) is 91.9 cm³/mol. The van der Waals surface area contributed by atoms with Gasteiger partial charge in [-0.05, 0) is 36.8 Å². The molecule has 2 aromatic rings. The monoisotopic (exact) mass is 302 g/mol. The standard InChI is InChI=1S/C18H26N2S/c1-5-6-18-20-17(12-21-18)11-19-14(4)16-9-7-15(8-10-16)13(2)3/h7-10,12-14,19H,5-6,11H2,1-4H3. The molecule has 1 N–H and O–H groups in total. The zero-order chi connectivity index (χ0) is 15.2. The molecule has 1 aromatic heterocycles. The van der Waals surface area contributed by atoms with Crippen molar-refractivity contribution in [2.45, 2.75) is 59.0 Å². The lowest BCUT2D eigenvalue weighted by atomic mass is 9.99. The van der Waals surface area contributed by atoms with Crippen LogP contribution in [0, 0.1) is 0 Å². The number of benzene rings is 1. The van der Waals surface area contributed by atoms with E-state index in [-0.39, 0.29) is 0 Å². The van der Waals surface area contributed by atoms with Crippen molar-refractivity contribution in [3.05, 3.63) is 51.5 Å². The van der Waals surface area contributed by atoms with Crippen LogP contribution in [0.25, 0.3) is 0 Å². The molecule has 0 aliphatic rings. The first kappa shape index (κ1) is 16.2. The van der Waals surface area contributed by atoms with E-state index in [0.717, 1.165) is 18.7 Å². The minimum atomic E-state index is 0.350. The van der Waals surface area contributed by atoms with Gasteiger partial charge in [0.15, 0.2) is 0 Å². The third kappa shape index (κ3) is 4.65. The number of aryl methyl sites for hydroxylation is 1. The van der Waals surface area contributed by atoms with E-state index < -0.39 is 0 Å². The fourth-order valence-electron chi connectivity index (χ4n) is 2.30. The Bertz CT molecular complexity index is 543. The van der Waals surface area contributed by atoms with Crippen molar-refractivity contribution in [1.29, 1.82) is 0 Å². The van der Waals surface area contributed by atoms with Gasteiger partial charge in [-0.2, -0.15) is 0 Å². The average Bonchev–Trinajstić information content (AvgIpc) is 2.93. The van der Waals surface area contributed by atoms with E-state index in [4.69, 9.17) is 0 Å². The first-order valence-corrected chi connectivity index (χ1v) is 8.74. The van der Waals surface area contributed by atoms with Crippen LogP contribution in [0.3, 0.4) is 0 Å². The Balaban J connectivity index is 1.89. The summed E-state index contributed by atoms with van der Waals surface area (Å²) in [5.74, 6) is 0.592. The van der Waals surface area contributed by atoms with Gasteiger partial charge in [-0.15, -0.1) is 11.3 Å². The van der Waals surface area contributed by atoms with Gasteiger partial charge < -0.3 is 5.32 Å². The number of rotatable bonds is 7. The molecule has 1 atom stereocenters. The molecule has 2 nitrogen and oxygen atoms in total. The summed E-state index contributed by atoms with van der Waals surface area (Å²) in [5, 5.41) is 6.99. The van der Waals surface area contributed by atoms with Crippen LogP contribution in [0.2, 0.25) is 0 Å². The third-order valence-electron chi connectivity index (χ3n) is 3.76. The van der Waals surface area contributed by atoms with E-state index in [1.807, 2.05) is 0 Å². The number of hydrogen-bond donors (Lipinski definition) is 1. The highest BCUT2D eigenvalue weighted by Gasteiger charge is 2.07. The van der Waals surface area contributed by atoms with Crippen molar-refractivity contribution >= 4 is 11.3 Å². The van der Waals surface area contributed by atoms with Crippen molar-refractivity contribution in [2.24, 2.45) is 0 Å². The lowest BCUT2D eigenvalue weighted by molar-refractivity contribution is 0.568. The molecular weight excluding hydrogens is 276 g/mol. The van der Waals surface area contributed by atoms with Crippen LogP contribution in [-0.2, 0) is 13.0 Å². The van der Waals surface area contributed by atoms with Crippen molar-refractivity contribution < 1.29 is 0 Å². The van der Waals surface area contributed by atoms with E-state index in [2.05, 4.69) is 67.6 Å². The van der Waals surface area contributed by atoms with Gasteiger partial charge in [-0.1, -0.05) is 45.0 Å². The highest BCUT2D eigenvalue weighted by Crippen LogP contribution is 2.19. The van der Waals surface area contributed by atoms with Gasteiger partial charge in [-0.25, -0.2) is 4.98 Å². The molecule has 0 spiro atoms. The van der Waals surface area contributed by atoms with Crippen molar-refractivity contribution in [1.82, 2.24) is 10.3 Å². The second-order valence-corrected chi connectivity index (χ2v) is 6.85. The van der Waals surface area contributed by atoms with E-state index in [9.17, 15) is 0 Å². The van der Waals surface area contributed by atoms with Gasteiger partial charge >= 0.3 is 0 Å². The Morgan fingerprint density at radius 1 is 1.10 bits per heavy atom. The Labute approximate surface area is 132 Å². The molecule has 2 rings (SSSR count). The number of nitrogens with one attached hydrogen (secondary N) is 1. The van der Waals surface area contributed by atoms with Crippen LogP contribution in [0.5, 0.6) is 0 Å². The van der Waals surface area contributed by atoms with E-state index in [1.165, 1.54) is 22.6 Å². The predicted octanol–water partition coefficient (Wildman–Crippen LogP) is 5.07. The van der Waals surface area contributed by atoms with Crippen LogP contribution < -0.4 is 5.32 Å². The van der Waals surface area contributed by atoms with Gasteiger partial charge in [-0.3, -0.25) is 0 Å². The minimum Gasteiger partial charge on any atom is -0.305 e. The lowest BCUT2D eigenvalue weighted by Gasteiger charge is -2.14. The van der Waals surface area contributed by atoms with Crippen LogP contribution in [0.15, 0.2) is 29.6 Å². The van der Waals surface area contributed by atoms with Crippen molar-refractivity contribution in [3.63, 3.8) is 0 Å². The van der Waals surface area contributed by atoms with Gasteiger partial charge in [0.2, 0.25) is 0 Å². The number of thiazole rings is 1. The molecule has 114 valence electrons. The molecule has 0 radical (unpaired) electrons. The summed E-state index contributed by atoms with van der Waals surface area (Å²) in [6, 6.07) is 9.29. The van der Waals surface area contributed by atoms with E-state index >= 15 is 0 Å². The summed E-state index contributed by atoms with van der Waals surface area (Å²) in [7, 11) is 0. The Morgan fingerprint density at radius 2 is 1.76 bits per heavy atom. The topological polar surface area (TPSA) is 24.9 Å². The summed E-state index contributed by atoms with van der Waals surface area (Å²) < 4.78 is 0. The molecular formula is C18H26N2S. The third-order valence-corrected chi connectivity index (χ3v) is 4.71. The van der Waals surface area contributed by atoms with Crippen LogP contribution >= 0.6 is 11.3 Å². The molecule has 0 saturated heterocycles. The number of aromatic nitrogens is 1. The number of nitrogens with zero attached hydrogens (tertiary/aromatic N) is 1. The molecule has 3 heteroatoms. The smallest absolute Gasteiger partial charge is 0.0928 e. The maximum absolute atomic E-state index is 4.66. The molecule has 0 aliphatic heterocycles. The first-order chi connectivity index (χ1) is 10.1. The normalized spacial score (nSPS) is 12.8. The Morgan fingerprint density at radius 3 is 2.38 bits per heavy atom. The molecule has 0 aliphatic carbocycles. The highest BCUT2D eigenvalue weighted by molar-refractivity contribution is 7.09. The summed E-state index contributed by atoms with van der Waals surface area (Å²) in [6.45, 7) is 9.71. The fourth-order valence-corrected chi connectivity index (χ4v) is 3.20. The Kier molecular flexibility index (Phi) is 5.95. The minimum absolute atomic E-state index is 0.350. The molecule has 21 heavy (non-hydrogen) atoms. The van der Waals surface area contributed by atoms with Crippen LogP contribution in [0.4, 0.5) is 0 Å². The Hall–Kier alpha value is -1.19. The molecule has 0 bridgehead atoms. The first-order valence-electron chi connectivity index (χ1n) is 7.86. The summed E-state index contributed by atoms with van der Waals surface area (Å²) in [5.41, 5.74) is 3.90. The van der Waals surface area contributed by atoms with Gasteiger partial charge in [0, 0.05) is 18.0 Å². The van der Waals surface area contributed by atoms with Gasteiger partial charge in [0.25, 0.3) is 0 Å². The second-order valence-electron chi connectivity index (χ2n) is 5.91. The van der Waals surface area contributed by atoms with E-state index in [0.29, 0.717) is 12.0 Å². The average molecular weight is 302 g/mol. The molecule has 0 fully saturated rings. The fraction of sp³-hybridized carbons (Fsp3) is 0.500. The summed E-state index contributed by atoms with van der Waals surface area (Å²) in [4.78, 5) is 4.66.